The monoisotopic (exact) mass is 482 g/mol. The third-order valence-electron chi connectivity index (χ3n) is 3.49. The minimum Gasteiger partial charge on any atom is -0.550 e. The number of rotatable bonds is 13. The van der Waals surface area contributed by atoms with Gasteiger partial charge in [-0.15, -0.1) is 0 Å². The molecule has 31 heavy (non-hydrogen) atoms. The van der Waals surface area contributed by atoms with Crippen molar-refractivity contribution >= 4 is 55.6 Å². The number of aliphatic hydroxyl groups excluding tert-OH is 6. The molecule has 0 aromatic heterocycles. The van der Waals surface area contributed by atoms with Gasteiger partial charge in [0.15, 0.2) is 0 Å². The van der Waals surface area contributed by atoms with E-state index in [1.807, 2.05) is 0 Å². The molecule has 13 nitrogen and oxygen atoms in total. The van der Waals surface area contributed by atoms with Gasteiger partial charge in [-0.05, 0) is 0 Å². The predicted molar refractivity (Wildman–Crippen MR) is 101 cm³/mol. The van der Waals surface area contributed by atoms with Crippen LogP contribution in [0.3, 0.4) is 0 Å². The summed E-state index contributed by atoms with van der Waals surface area (Å²) in [7, 11) is 1.31. The number of carboxylic acids is 2. The van der Waals surface area contributed by atoms with Crippen molar-refractivity contribution in [2.75, 3.05) is 60.0 Å². The van der Waals surface area contributed by atoms with Crippen LogP contribution in [0.4, 0.5) is 0 Å². The van der Waals surface area contributed by atoms with Gasteiger partial charge in [0.2, 0.25) is 0 Å². The molecule has 0 unspecified atom stereocenters. The smallest absolute Gasteiger partial charge is 0.550 e. The van der Waals surface area contributed by atoms with E-state index in [9.17, 15) is 24.6 Å². The van der Waals surface area contributed by atoms with Gasteiger partial charge in [-0.25, -0.2) is 4.79 Å². The largest absolute Gasteiger partial charge is 2.00 e. The fourth-order valence-corrected chi connectivity index (χ4v) is 1.26. The average molecular weight is 482 g/mol. The molecule has 0 spiro atoms. The Morgan fingerprint density at radius 3 is 1.19 bits per heavy atom. The van der Waals surface area contributed by atoms with Crippen molar-refractivity contribution in [3.8, 4) is 0 Å². The summed E-state index contributed by atoms with van der Waals surface area (Å²) in [6.45, 7) is 0.152. The summed E-state index contributed by atoms with van der Waals surface area (Å²) >= 11 is 0. The van der Waals surface area contributed by atoms with E-state index in [4.69, 9.17) is 35.4 Å². The maximum Gasteiger partial charge on any atom is 2.00 e. The third-order valence-corrected chi connectivity index (χ3v) is 3.49. The molecule has 0 saturated heterocycles. The zero-order valence-electron chi connectivity index (χ0n) is 17.4. The van der Waals surface area contributed by atoms with Crippen LogP contribution < -0.4 is 10.2 Å². The summed E-state index contributed by atoms with van der Waals surface area (Å²) in [6, 6.07) is 0. The van der Waals surface area contributed by atoms with Crippen LogP contribution in [0.25, 0.3) is 0 Å². The number of hydrogen-bond acceptors (Lipinski definition) is 13. The van der Waals surface area contributed by atoms with Crippen LogP contribution in [-0.4, -0.2) is 146 Å². The Kier molecular flexibility index (Phi) is 27.0. The molecule has 0 aromatic rings. The molecular weight excluding hydrogens is 452 g/mol. The summed E-state index contributed by atoms with van der Waals surface area (Å²) in [5.74, 6) is -3.64. The quantitative estimate of drug-likeness (QED) is 0.0620. The maximum absolute atomic E-state index is 9.84. The summed E-state index contributed by atoms with van der Waals surface area (Å²) < 4.78 is 9.29. The second kappa shape index (κ2) is 22.3. The Morgan fingerprint density at radius 2 is 1.10 bits per heavy atom. The van der Waals surface area contributed by atoms with E-state index in [1.54, 1.807) is 0 Å². The first kappa shape index (κ1) is 37.4. The molecule has 0 amide bonds. The molecule has 0 heterocycles. The molecule has 0 aliphatic carbocycles. The van der Waals surface area contributed by atoms with Gasteiger partial charge in [-0.1, -0.05) is 6.58 Å². The Bertz CT molecular complexity index is 442. The maximum atomic E-state index is 9.84. The molecule has 0 fully saturated rings. The second-order valence-electron chi connectivity index (χ2n) is 6.09. The number of aliphatic hydroxyl groups is 6. The number of carbonyl (C=O) groups is 3. The first-order valence-electron chi connectivity index (χ1n) is 8.34. The summed E-state index contributed by atoms with van der Waals surface area (Å²) in [4.78, 5) is 28.4. The minimum atomic E-state index is -1.63. The van der Waals surface area contributed by atoms with Gasteiger partial charge < -0.3 is 59.9 Å². The molecule has 0 atom stereocenters. The van der Waals surface area contributed by atoms with Crippen LogP contribution in [0.15, 0.2) is 12.7 Å². The Labute approximate surface area is 209 Å². The summed E-state index contributed by atoms with van der Waals surface area (Å²) in [6.07, 6.45) is 0.0833. The first-order valence-corrected chi connectivity index (χ1v) is 8.34. The van der Waals surface area contributed by atoms with Crippen molar-refractivity contribution in [2.45, 2.75) is 6.42 Å². The molecular formula is C17H30CaO13. The number of aliphatic carboxylic acids is 2. The van der Waals surface area contributed by atoms with Gasteiger partial charge in [0.25, 0.3) is 0 Å². The van der Waals surface area contributed by atoms with Gasteiger partial charge >= 0.3 is 43.7 Å². The fourth-order valence-electron chi connectivity index (χ4n) is 1.26. The molecule has 0 radical (unpaired) electrons. The van der Waals surface area contributed by atoms with Crippen molar-refractivity contribution in [3.05, 3.63) is 12.7 Å². The van der Waals surface area contributed by atoms with E-state index >= 15 is 0 Å². The number of hydrogen-bond donors (Lipinski definition) is 6. The van der Waals surface area contributed by atoms with Crippen LogP contribution in [0.5, 0.6) is 0 Å². The number of carboxylic acid groups (broad SMARTS) is 2. The molecule has 178 valence electrons. The van der Waals surface area contributed by atoms with Crippen molar-refractivity contribution in [2.24, 2.45) is 10.8 Å². The number of esters is 1. The van der Waals surface area contributed by atoms with E-state index in [0.717, 1.165) is 6.08 Å². The number of methoxy groups -OCH3 is 1. The van der Waals surface area contributed by atoms with Crippen LogP contribution >= 0.6 is 0 Å². The van der Waals surface area contributed by atoms with E-state index in [2.05, 4.69) is 11.3 Å². The molecule has 6 N–H and O–H groups in total. The zero-order chi connectivity index (χ0) is 24.2. The van der Waals surface area contributed by atoms with Crippen LogP contribution in [-0.2, 0) is 23.9 Å². The van der Waals surface area contributed by atoms with E-state index in [-0.39, 0.29) is 51.0 Å². The Hall–Kier alpha value is -0.870. The minimum absolute atomic E-state index is 0. The van der Waals surface area contributed by atoms with Crippen LogP contribution in [0.1, 0.15) is 6.42 Å². The first-order chi connectivity index (χ1) is 14.0. The standard InChI is InChI=1S/C10H22O7.C4H6O2.C3H4O4.Ca/c11-1-9(2-12,3-13)7-17-8-10(4-14,5-15)6-16;1-3-4(5)6-2;4-2(5)1-3(6)7;/h11-16H,1-8H2;3H,1H2,2H3;1H2,(H,4,5)(H,6,7);/q;;;+2/p-2. The van der Waals surface area contributed by atoms with Gasteiger partial charge in [-0.3, -0.25) is 0 Å². The SMILES string of the molecule is C=CC(=O)OC.O=C([O-])CC(=O)[O-].OCC(CO)(CO)COCC(CO)(CO)CO.[Ca+2]. The predicted octanol–water partition coefficient (Wildman–Crippen LogP) is -6.23. The average Bonchev–Trinajstić information content (AvgIpc) is 2.74. The second-order valence-corrected chi connectivity index (χ2v) is 6.09. The van der Waals surface area contributed by atoms with Gasteiger partial charge in [-0.2, -0.15) is 0 Å². The van der Waals surface area contributed by atoms with Gasteiger partial charge in [0.05, 0.1) is 70.8 Å². The Balaban J connectivity index is -0.000000215. The molecule has 0 rings (SSSR count). The van der Waals surface area contributed by atoms with Crippen molar-refractivity contribution in [1.82, 2.24) is 0 Å². The van der Waals surface area contributed by atoms with Crippen LogP contribution in [0.2, 0.25) is 0 Å². The molecule has 0 aliphatic rings. The molecule has 0 bridgehead atoms. The third kappa shape index (κ3) is 19.5. The van der Waals surface area contributed by atoms with Crippen molar-refractivity contribution in [3.63, 3.8) is 0 Å². The fraction of sp³-hybridized carbons (Fsp3) is 0.706. The zero-order valence-corrected chi connectivity index (χ0v) is 19.6. The summed E-state index contributed by atoms with van der Waals surface area (Å²) in [5.41, 5.74) is -2.32. The van der Waals surface area contributed by atoms with E-state index < -0.39 is 74.8 Å². The molecule has 0 saturated carbocycles. The molecule has 0 aromatic carbocycles. The molecule has 14 heteroatoms. The van der Waals surface area contributed by atoms with E-state index in [1.165, 1.54) is 7.11 Å². The Morgan fingerprint density at radius 1 is 0.806 bits per heavy atom. The number of carbonyl (C=O) groups excluding carboxylic acids is 3. The van der Waals surface area contributed by atoms with Gasteiger partial charge in [0.1, 0.15) is 0 Å². The van der Waals surface area contributed by atoms with Crippen molar-refractivity contribution < 1.29 is 64.7 Å². The topological polar surface area (TPSA) is 237 Å². The van der Waals surface area contributed by atoms with E-state index in [0.29, 0.717) is 0 Å². The van der Waals surface area contributed by atoms with Gasteiger partial charge in [0, 0.05) is 24.4 Å². The summed E-state index contributed by atoms with van der Waals surface area (Å²) in [5, 5.41) is 72.7. The molecule has 0 aliphatic heterocycles. The normalized spacial score (nSPS) is 10.3. The van der Waals surface area contributed by atoms with Crippen molar-refractivity contribution in [1.29, 1.82) is 0 Å². The van der Waals surface area contributed by atoms with Crippen LogP contribution in [0, 0.1) is 10.8 Å². The number of ether oxygens (including phenoxy) is 2.